The average Bonchev–Trinajstić information content (AvgIpc) is 2.96. The third kappa shape index (κ3) is 2.11. The molecule has 19 heavy (non-hydrogen) atoms. The molecule has 0 unspecified atom stereocenters. The summed E-state index contributed by atoms with van der Waals surface area (Å²) in [5.74, 6) is 6.76. The molecule has 0 aromatic carbocycles. The number of ether oxygens (including phenoxy) is 1. The van der Waals surface area contributed by atoms with E-state index in [9.17, 15) is 0 Å². The van der Waals surface area contributed by atoms with E-state index in [4.69, 9.17) is 10.6 Å². The number of nitrogens with zero attached hydrogens (tertiary/aromatic N) is 4. The number of rotatable bonds is 3. The number of thiophene rings is 1. The van der Waals surface area contributed by atoms with Crippen LogP contribution in [0.3, 0.4) is 0 Å². The Morgan fingerprint density at radius 3 is 2.95 bits per heavy atom. The van der Waals surface area contributed by atoms with Crippen molar-refractivity contribution in [2.24, 2.45) is 12.9 Å². The van der Waals surface area contributed by atoms with E-state index in [-0.39, 0.29) is 0 Å². The Balaban J connectivity index is 2.08. The van der Waals surface area contributed by atoms with Crippen molar-refractivity contribution in [2.75, 3.05) is 5.43 Å². The predicted molar refractivity (Wildman–Crippen MR) is 73.2 cm³/mol. The molecule has 0 bridgehead atoms. The maximum absolute atomic E-state index is 5.80. The van der Waals surface area contributed by atoms with Crippen LogP contribution in [0.4, 0.5) is 5.95 Å². The Labute approximate surface area is 113 Å². The Kier molecular flexibility index (Phi) is 2.80. The van der Waals surface area contributed by atoms with Gasteiger partial charge in [0.05, 0.1) is 11.1 Å². The molecule has 3 heterocycles. The van der Waals surface area contributed by atoms with E-state index < -0.39 is 0 Å². The first-order valence-electron chi connectivity index (χ1n) is 5.57. The second-order valence-electron chi connectivity index (χ2n) is 3.99. The highest BCUT2D eigenvalue weighted by Gasteiger charge is 2.12. The van der Waals surface area contributed by atoms with E-state index in [1.807, 2.05) is 31.5 Å². The zero-order valence-corrected chi connectivity index (χ0v) is 11.2. The number of aryl methyl sites for hydroxylation is 2. The van der Waals surface area contributed by atoms with Crippen LogP contribution in [0.25, 0.3) is 10.2 Å². The molecule has 0 atom stereocenters. The largest absolute Gasteiger partial charge is 0.420 e. The van der Waals surface area contributed by atoms with Gasteiger partial charge in [-0.25, -0.2) is 15.5 Å². The lowest BCUT2D eigenvalue weighted by Gasteiger charge is -2.07. The van der Waals surface area contributed by atoms with E-state index in [0.29, 0.717) is 17.7 Å². The number of anilines is 1. The second kappa shape index (κ2) is 4.48. The van der Waals surface area contributed by atoms with Gasteiger partial charge < -0.3 is 4.74 Å². The third-order valence-electron chi connectivity index (χ3n) is 2.58. The molecule has 0 aliphatic rings. The summed E-state index contributed by atoms with van der Waals surface area (Å²) in [7, 11) is 1.82. The number of nitrogens with two attached hydrogens (primary N) is 1. The van der Waals surface area contributed by atoms with Crippen molar-refractivity contribution in [1.82, 2.24) is 19.7 Å². The molecule has 0 spiro atoms. The molecular weight excluding hydrogens is 264 g/mol. The highest BCUT2D eigenvalue weighted by Crippen LogP contribution is 2.31. The SMILES string of the molecule is Cc1cc(Oc2nc(NN)nc3sccc23)n(C)n1. The first-order chi connectivity index (χ1) is 9.17. The van der Waals surface area contributed by atoms with Gasteiger partial charge in [0.2, 0.25) is 17.7 Å². The molecule has 0 radical (unpaired) electrons. The summed E-state index contributed by atoms with van der Waals surface area (Å²) < 4.78 is 7.46. The number of nitrogens with one attached hydrogen (secondary N) is 1. The van der Waals surface area contributed by atoms with Crippen LogP contribution in [0, 0.1) is 6.92 Å². The van der Waals surface area contributed by atoms with Crippen LogP contribution >= 0.6 is 11.3 Å². The predicted octanol–water partition coefficient (Wildman–Crippen LogP) is 1.81. The number of aromatic nitrogens is 4. The quantitative estimate of drug-likeness (QED) is 0.560. The number of fused-ring (bicyclic) bond motifs is 1. The van der Waals surface area contributed by atoms with Gasteiger partial charge in [0.15, 0.2) is 0 Å². The minimum atomic E-state index is 0.323. The van der Waals surface area contributed by atoms with Crippen LogP contribution < -0.4 is 16.0 Å². The normalized spacial score (nSPS) is 10.9. The van der Waals surface area contributed by atoms with Crippen LogP contribution in [0.5, 0.6) is 11.8 Å². The molecule has 0 aliphatic carbocycles. The molecule has 0 saturated heterocycles. The molecule has 3 aromatic heterocycles. The van der Waals surface area contributed by atoms with Crippen molar-refractivity contribution in [2.45, 2.75) is 6.92 Å². The van der Waals surface area contributed by atoms with Crippen LogP contribution in [0.15, 0.2) is 17.5 Å². The Morgan fingerprint density at radius 1 is 1.42 bits per heavy atom. The van der Waals surface area contributed by atoms with Gasteiger partial charge in [-0.1, -0.05) is 0 Å². The van der Waals surface area contributed by atoms with E-state index in [0.717, 1.165) is 15.9 Å². The minimum absolute atomic E-state index is 0.323. The minimum Gasteiger partial charge on any atom is -0.420 e. The van der Waals surface area contributed by atoms with Crippen LogP contribution in [-0.4, -0.2) is 19.7 Å². The lowest BCUT2D eigenvalue weighted by molar-refractivity contribution is 0.420. The van der Waals surface area contributed by atoms with Gasteiger partial charge in [-0.15, -0.1) is 11.3 Å². The second-order valence-corrected chi connectivity index (χ2v) is 4.88. The summed E-state index contributed by atoms with van der Waals surface area (Å²) in [4.78, 5) is 9.30. The molecule has 0 amide bonds. The van der Waals surface area contributed by atoms with Crippen molar-refractivity contribution >= 4 is 27.5 Å². The Bertz CT molecular complexity index is 734. The fourth-order valence-corrected chi connectivity index (χ4v) is 2.51. The molecule has 7 nitrogen and oxygen atoms in total. The van der Waals surface area contributed by atoms with Crippen molar-refractivity contribution in [3.05, 3.63) is 23.2 Å². The van der Waals surface area contributed by atoms with E-state index >= 15 is 0 Å². The van der Waals surface area contributed by atoms with Gasteiger partial charge in [0, 0.05) is 13.1 Å². The van der Waals surface area contributed by atoms with Gasteiger partial charge in [-0.3, -0.25) is 5.43 Å². The monoisotopic (exact) mass is 276 g/mol. The summed E-state index contributed by atoms with van der Waals surface area (Å²) in [5.41, 5.74) is 3.32. The van der Waals surface area contributed by atoms with E-state index in [2.05, 4.69) is 20.5 Å². The molecule has 98 valence electrons. The standard InChI is InChI=1S/C11H12N6OS/c1-6-5-8(17(2)16-6)18-9-7-3-4-19-10(7)14-11(13-9)15-12/h3-5H,12H2,1-2H3,(H,13,14,15). The van der Waals surface area contributed by atoms with Crippen molar-refractivity contribution in [3.63, 3.8) is 0 Å². The third-order valence-corrected chi connectivity index (χ3v) is 3.39. The lowest BCUT2D eigenvalue weighted by Crippen LogP contribution is -2.10. The van der Waals surface area contributed by atoms with Gasteiger partial charge in [0.1, 0.15) is 4.83 Å². The van der Waals surface area contributed by atoms with Gasteiger partial charge in [-0.05, 0) is 18.4 Å². The van der Waals surface area contributed by atoms with Crippen molar-refractivity contribution < 1.29 is 4.74 Å². The first-order valence-corrected chi connectivity index (χ1v) is 6.45. The number of hydrogen-bond donors (Lipinski definition) is 2. The zero-order valence-electron chi connectivity index (χ0n) is 10.4. The molecular formula is C11H12N6OS. The van der Waals surface area contributed by atoms with Crippen LogP contribution in [0.2, 0.25) is 0 Å². The van der Waals surface area contributed by atoms with E-state index in [1.54, 1.807) is 4.68 Å². The maximum atomic E-state index is 5.80. The van der Waals surface area contributed by atoms with E-state index in [1.165, 1.54) is 11.3 Å². The first kappa shape index (κ1) is 11.9. The smallest absolute Gasteiger partial charge is 0.241 e. The summed E-state index contributed by atoms with van der Waals surface area (Å²) in [6, 6.07) is 3.76. The molecule has 0 saturated carbocycles. The van der Waals surface area contributed by atoms with Gasteiger partial charge in [-0.2, -0.15) is 10.1 Å². The fourth-order valence-electron chi connectivity index (χ4n) is 1.75. The lowest BCUT2D eigenvalue weighted by atomic mass is 10.4. The molecule has 0 aliphatic heterocycles. The van der Waals surface area contributed by atoms with Crippen LogP contribution in [-0.2, 0) is 7.05 Å². The highest BCUT2D eigenvalue weighted by molar-refractivity contribution is 7.16. The summed E-state index contributed by atoms with van der Waals surface area (Å²) in [5, 5.41) is 7.01. The van der Waals surface area contributed by atoms with Crippen molar-refractivity contribution in [3.8, 4) is 11.8 Å². The summed E-state index contributed by atoms with van der Waals surface area (Å²) in [6.45, 7) is 1.90. The highest BCUT2D eigenvalue weighted by atomic mass is 32.1. The fraction of sp³-hybridized carbons (Fsp3) is 0.182. The Hall–Kier alpha value is -2.19. The van der Waals surface area contributed by atoms with Gasteiger partial charge in [0.25, 0.3) is 0 Å². The molecule has 3 rings (SSSR count). The van der Waals surface area contributed by atoms with Crippen molar-refractivity contribution in [1.29, 1.82) is 0 Å². The number of nitrogen functional groups attached to an aromatic ring is 1. The molecule has 3 N–H and O–H groups in total. The van der Waals surface area contributed by atoms with Gasteiger partial charge >= 0.3 is 0 Å². The average molecular weight is 276 g/mol. The topological polar surface area (TPSA) is 90.9 Å². The molecule has 3 aromatic rings. The maximum Gasteiger partial charge on any atom is 0.241 e. The summed E-state index contributed by atoms with van der Waals surface area (Å²) >= 11 is 1.50. The number of hydrogen-bond acceptors (Lipinski definition) is 7. The van der Waals surface area contributed by atoms with Crippen LogP contribution in [0.1, 0.15) is 5.69 Å². The Morgan fingerprint density at radius 2 is 2.26 bits per heavy atom. The molecule has 8 heteroatoms. The molecule has 0 fully saturated rings. The number of hydrazine groups is 1. The summed E-state index contributed by atoms with van der Waals surface area (Å²) in [6.07, 6.45) is 0. The zero-order chi connectivity index (χ0) is 13.4.